The Bertz CT molecular complexity index is 789. The van der Waals surface area contributed by atoms with E-state index in [1.807, 2.05) is 29.2 Å². The highest BCUT2D eigenvalue weighted by Crippen LogP contribution is 2.28. The van der Waals surface area contributed by atoms with E-state index in [1.54, 1.807) is 25.3 Å². The monoisotopic (exact) mass is 404 g/mol. The van der Waals surface area contributed by atoms with Gasteiger partial charge in [0.1, 0.15) is 0 Å². The van der Waals surface area contributed by atoms with Gasteiger partial charge in [0.25, 0.3) is 5.91 Å². The average molecular weight is 405 g/mol. The molecule has 2 aromatic rings. The zero-order chi connectivity index (χ0) is 19.9. The third-order valence-corrected chi connectivity index (χ3v) is 5.06. The molecule has 6 nitrogen and oxygen atoms in total. The van der Waals surface area contributed by atoms with Gasteiger partial charge >= 0.3 is 0 Å². The third kappa shape index (κ3) is 5.38. The summed E-state index contributed by atoms with van der Waals surface area (Å²) in [5, 5.41) is 10.0. The first-order chi connectivity index (χ1) is 13.6. The minimum atomic E-state index is -0.0934. The van der Waals surface area contributed by atoms with Crippen molar-refractivity contribution in [2.24, 2.45) is 0 Å². The first-order valence-electron chi connectivity index (χ1n) is 9.24. The molecule has 150 valence electrons. The lowest BCUT2D eigenvalue weighted by Crippen LogP contribution is -2.49. The van der Waals surface area contributed by atoms with Gasteiger partial charge in [-0.05, 0) is 35.4 Å². The van der Waals surface area contributed by atoms with Crippen molar-refractivity contribution < 1.29 is 19.4 Å². The van der Waals surface area contributed by atoms with Crippen molar-refractivity contribution in [1.82, 2.24) is 9.80 Å². The average Bonchev–Trinajstić information content (AvgIpc) is 2.74. The van der Waals surface area contributed by atoms with E-state index in [0.29, 0.717) is 30.2 Å². The number of amides is 1. The summed E-state index contributed by atoms with van der Waals surface area (Å²) in [5.41, 5.74) is 1.92. The molecular formula is C21H25ClN2O4. The number of nitrogens with zero attached hydrogens (tertiary/aromatic N) is 2. The second-order valence-corrected chi connectivity index (χ2v) is 7.15. The van der Waals surface area contributed by atoms with Gasteiger partial charge in [0.15, 0.2) is 18.1 Å². The lowest BCUT2D eigenvalue weighted by Gasteiger charge is -2.34. The molecule has 1 fully saturated rings. The largest absolute Gasteiger partial charge is 0.493 e. The van der Waals surface area contributed by atoms with Gasteiger partial charge in [-0.15, -0.1) is 0 Å². The number of carbonyl (C=O) groups excluding carboxylic acids is 1. The van der Waals surface area contributed by atoms with E-state index in [4.69, 9.17) is 21.1 Å². The Balaban J connectivity index is 1.48. The zero-order valence-electron chi connectivity index (χ0n) is 15.9. The number of carbonyl (C=O) groups is 1. The highest BCUT2D eigenvalue weighted by molar-refractivity contribution is 6.30. The summed E-state index contributed by atoms with van der Waals surface area (Å²) in [6.45, 7) is 3.68. The maximum absolute atomic E-state index is 12.5. The molecule has 1 aliphatic rings. The summed E-state index contributed by atoms with van der Waals surface area (Å²) in [7, 11) is 1.54. The van der Waals surface area contributed by atoms with Gasteiger partial charge in [0.2, 0.25) is 0 Å². The van der Waals surface area contributed by atoms with Gasteiger partial charge in [-0.25, -0.2) is 0 Å². The molecule has 28 heavy (non-hydrogen) atoms. The number of aliphatic hydroxyl groups is 1. The fraction of sp³-hybridized carbons (Fsp3) is 0.381. The molecule has 7 heteroatoms. The summed E-state index contributed by atoms with van der Waals surface area (Å²) < 4.78 is 10.9. The molecule has 0 spiro atoms. The molecule has 1 saturated heterocycles. The molecule has 1 heterocycles. The Morgan fingerprint density at radius 3 is 2.36 bits per heavy atom. The number of hydrogen-bond acceptors (Lipinski definition) is 5. The van der Waals surface area contributed by atoms with Crippen LogP contribution in [-0.2, 0) is 17.9 Å². The van der Waals surface area contributed by atoms with Crippen LogP contribution in [-0.4, -0.2) is 60.7 Å². The van der Waals surface area contributed by atoms with Crippen molar-refractivity contribution in [3.8, 4) is 11.5 Å². The molecule has 0 radical (unpaired) electrons. The number of benzene rings is 2. The SMILES string of the molecule is COc1ccc(CO)cc1OCC(=O)N1CCN(Cc2ccc(Cl)cc2)CC1. The van der Waals surface area contributed by atoms with Crippen LogP contribution in [0.5, 0.6) is 11.5 Å². The van der Waals surface area contributed by atoms with Crippen molar-refractivity contribution in [2.45, 2.75) is 13.2 Å². The van der Waals surface area contributed by atoms with Crippen molar-refractivity contribution >= 4 is 17.5 Å². The zero-order valence-corrected chi connectivity index (χ0v) is 16.7. The van der Waals surface area contributed by atoms with Crippen LogP contribution in [0.2, 0.25) is 5.02 Å². The molecule has 0 atom stereocenters. The second-order valence-electron chi connectivity index (χ2n) is 6.72. The van der Waals surface area contributed by atoms with Crippen molar-refractivity contribution in [3.63, 3.8) is 0 Å². The molecule has 0 bridgehead atoms. The van der Waals surface area contributed by atoms with Gasteiger partial charge in [-0.1, -0.05) is 29.8 Å². The number of halogens is 1. The molecule has 2 aromatic carbocycles. The van der Waals surface area contributed by atoms with E-state index in [-0.39, 0.29) is 19.1 Å². The number of aliphatic hydroxyl groups excluding tert-OH is 1. The molecule has 1 N–H and O–H groups in total. The predicted octanol–water partition coefficient (Wildman–Crippen LogP) is 2.56. The van der Waals surface area contributed by atoms with Gasteiger partial charge in [-0.3, -0.25) is 9.69 Å². The topological polar surface area (TPSA) is 62.2 Å². The first kappa shape index (κ1) is 20.5. The highest BCUT2D eigenvalue weighted by Gasteiger charge is 2.22. The Morgan fingerprint density at radius 1 is 1.04 bits per heavy atom. The second kappa shape index (κ2) is 9.78. The number of ether oxygens (including phenoxy) is 2. The molecule has 0 aromatic heterocycles. The van der Waals surface area contributed by atoms with Crippen LogP contribution in [0.3, 0.4) is 0 Å². The first-order valence-corrected chi connectivity index (χ1v) is 9.62. The molecule has 0 unspecified atom stereocenters. The summed E-state index contributed by atoms with van der Waals surface area (Å²) in [4.78, 5) is 16.6. The fourth-order valence-electron chi connectivity index (χ4n) is 3.17. The lowest BCUT2D eigenvalue weighted by atomic mass is 10.2. The van der Waals surface area contributed by atoms with E-state index < -0.39 is 0 Å². The van der Waals surface area contributed by atoms with Gasteiger partial charge in [0.05, 0.1) is 13.7 Å². The van der Waals surface area contributed by atoms with Gasteiger partial charge in [-0.2, -0.15) is 0 Å². The van der Waals surface area contributed by atoms with E-state index in [9.17, 15) is 9.90 Å². The third-order valence-electron chi connectivity index (χ3n) is 4.81. The highest BCUT2D eigenvalue weighted by atomic mass is 35.5. The van der Waals surface area contributed by atoms with E-state index >= 15 is 0 Å². The van der Waals surface area contributed by atoms with Crippen LogP contribution in [0.25, 0.3) is 0 Å². The Morgan fingerprint density at radius 2 is 1.71 bits per heavy atom. The summed E-state index contributed by atoms with van der Waals surface area (Å²) >= 11 is 5.93. The van der Waals surface area contributed by atoms with E-state index in [2.05, 4.69) is 4.90 Å². The Hall–Kier alpha value is -2.28. The normalized spacial score (nSPS) is 14.8. The van der Waals surface area contributed by atoms with Crippen molar-refractivity contribution in [2.75, 3.05) is 39.9 Å². The van der Waals surface area contributed by atoms with Crippen molar-refractivity contribution in [1.29, 1.82) is 0 Å². The summed E-state index contributed by atoms with van der Waals surface area (Å²) in [6.07, 6.45) is 0. The molecular weight excluding hydrogens is 380 g/mol. The molecule has 1 aliphatic heterocycles. The molecule has 1 amide bonds. The molecule has 3 rings (SSSR count). The predicted molar refractivity (Wildman–Crippen MR) is 108 cm³/mol. The smallest absolute Gasteiger partial charge is 0.260 e. The lowest BCUT2D eigenvalue weighted by molar-refractivity contribution is -0.135. The van der Waals surface area contributed by atoms with Crippen LogP contribution in [0.15, 0.2) is 42.5 Å². The van der Waals surface area contributed by atoms with Crippen LogP contribution < -0.4 is 9.47 Å². The maximum atomic E-state index is 12.5. The minimum Gasteiger partial charge on any atom is -0.493 e. The van der Waals surface area contributed by atoms with Gasteiger partial charge < -0.3 is 19.5 Å². The summed E-state index contributed by atoms with van der Waals surface area (Å²) in [6, 6.07) is 13.0. The van der Waals surface area contributed by atoms with Crippen LogP contribution in [0.4, 0.5) is 0 Å². The number of methoxy groups -OCH3 is 1. The van der Waals surface area contributed by atoms with Crippen LogP contribution in [0.1, 0.15) is 11.1 Å². The van der Waals surface area contributed by atoms with Gasteiger partial charge in [0, 0.05) is 37.7 Å². The summed E-state index contributed by atoms with van der Waals surface area (Å²) in [5.74, 6) is 0.948. The van der Waals surface area contributed by atoms with E-state index in [0.717, 1.165) is 24.7 Å². The number of hydrogen-bond donors (Lipinski definition) is 1. The molecule has 0 aliphatic carbocycles. The Kier molecular flexibility index (Phi) is 7.14. The van der Waals surface area contributed by atoms with Crippen molar-refractivity contribution in [3.05, 3.63) is 58.6 Å². The van der Waals surface area contributed by atoms with Crippen LogP contribution >= 0.6 is 11.6 Å². The Labute approximate surface area is 170 Å². The number of piperazine rings is 1. The minimum absolute atomic E-state index is 0.0531. The standard InChI is InChI=1S/C21H25ClN2O4/c1-27-19-7-4-17(14-25)12-20(19)28-15-21(26)24-10-8-23(9-11-24)13-16-2-5-18(22)6-3-16/h2-7,12,25H,8-11,13-15H2,1H3. The quantitative estimate of drug-likeness (QED) is 0.768. The van der Waals surface area contributed by atoms with Crippen LogP contribution in [0, 0.1) is 0 Å². The molecule has 0 saturated carbocycles. The number of rotatable bonds is 7. The van der Waals surface area contributed by atoms with E-state index in [1.165, 1.54) is 5.56 Å². The maximum Gasteiger partial charge on any atom is 0.260 e. The fourth-order valence-corrected chi connectivity index (χ4v) is 3.29.